The van der Waals surface area contributed by atoms with Crippen LogP contribution in [0.2, 0.25) is 0 Å². The maximum atomic E-state index is 3.71. The molecule has 0 unspecified atom stereocenters. The first-order valence-electron chi connectivity index (χ1n) is 3.74. The summed E-state index contributed by atoms with van der Waals surface area (Å²) in [6.07, 6.45) is 9.71. The molecule has 0 heterocycles. The van der Waals surface area contributed by atoms with Gasteiger partial charge in [-0.1, -0.05) is 25.8 Å². The van der Waals surface area contributed by atoms with Crippen LogP contribution in [0.4, 0.5) is 0 Å². The molecular weight excluding hydrogens is 108 g/mol. The first-order chi connectivity index (χ1) is 4.27. The minimum Gasteiger partial charge on any atom is -0.103 e. The van der Waals surface area contributed by atoms with Crippen molar-refractivity contribution in [1.82, 2.24) is 0 Å². The molecule has 0 aliphatic heterocycles. The summed E-state index contributed by atoms with van der Waals surface area (Å²) in [5.41, 5.74) is 0.502. The van der Waals surface area contributed by atoms with Gasteiger partial charge in [0, 0.05) is 0 Å². The van der Waals surface area contributed by atoms with E-state index in [0.717, 1.165) is 0 Å². The lowest BCUT2D eigenvalue weighted by atomic mass is 9.85. The van der Waals surface area contributed by atoms with Crippen LogP contribution in [0.1, 0.15) is 32.6 Å². The van der Waals surface area contributed by atoms with Gasteiger partial charge in [0.15, 0.2) is 0 Å². The molecule has 1 saturated carbocycles. The van der Waals surface area contributed by atoms with Gasteiger partial charge in [0.1, 0.15) is 0 Å². The summed E-state index contributed by atoms with van der Waals surface area (Å²) in [6.45, 7) is 6.03. The van der Waals surface area contributed by atoms with Crippen molar-refractivity contribution >= 4 is 0 Å². The monoisotopic (exact) mass is 123 g/mol. The Kier molecular flexibility index (Phi) is 1.94. The van der Waals surface area contributed by atoms with Gasteiger partial charge in [-0.25, -0.2) is 0 Å². The van der Waals surface area contributed by atoms with Gasteiger partial charge in [-0.15, -0.1) is 6.58 Å². The van der Waals surface area contributed by atoms with Crippen molar-refractivity contribution in [2.24, 2.45) is 5.41 Å². The predicted octanol–water partition coefficient (Wildman–Crippen LogP) is 2.96. The molecule has 0 heteroatoms. The molecule has 0 atom stereocenters. The fourth-order valence-electron chi connectivity index (χ4n) is 1.63. The van der Waals surface area contributed by atoms with Gasteiger partial charge in [-0.3, -0.25) is 0 Å². The number of rotatable bonds is 2. The lowest BCUT2D eigenvalue weighted by Crippen LogP contribution is -2.09. The first-order valence-corrected chi connectivity index (χ1v) is 3.74. The number of hydrogen-bond acceptors (Lipinski definition) is 0. The lowest BCUT2D eigenvalue weighted by molar-refractivity contribution is 0.418. The summed E-state index contributed by atoms with van der Waals surface area (Å²) in [5, 5.41) is 0. The third-order valence-electron chi connectivity index (χ3n) is 2.27. The van der Waals surface area contributed by atoms with E-state index < -0.39 is 0 Å². The van der Waals surface area contributed by atoms with Crippen molar-refractivity contribution in [1.29, 1.82) is 0 Å². The minimum absolute atomic E-state index is 0.502. The van der Waals surface area contributed by atoms with E-state index in [0.29, 0.717) is 5.41 Å². The van der Waals surface area contributed by atoms with E-state index in [4.69, 9.17) is 0 Å². The summed E-state index contributed by atoms with van der Waals surface area (Å²) >= 11 is 0. The zero-order valence-electron chi connectivity index (χ0n) is 6.19. The Morgan fingerprint density at radius 1 is 1.33 bits per heavy atom. The molecule has 0 amide bonds. The average molecular weight is 123 g/mol. The summed E-state index contributed by atoms with van der Waals surface area (Å²) < 4.78 is 0. The summed E-state index contributed by atoms with van der Waals surface area (Å²) in [6, 6.07) is 0. The molecule has 0 nitrogen and oxygen atoms in total. The average Bonchev–Trinajstić information content (AvgIpc) is 2.16. The van der Waals surface area contributed by atoms with Crippen LogP contribution < -0.4 is 0 Å². The highest BCUT2D eigenvalue weighted by atomic mass is 14.3. The molecule has 1 aliphatic rings. The molecule has 1 aliphatic carbocycles. The zero-order chi connectivity index (χ0) is 6.74. The van der Waals surface area contributed by atoms with E-state index >= 15 is 0 Å². The van der Waals surface area contributed by atoms with Gasteiger partial charge in [0.05, 0.1) is 0 Å². The van der Waals surface area contributed by atoms with E-state index in [1.54, 1.807) is 0 Å². The van der Waals surface area contributed by atoms with Crippen LogP contribution in [0, 0.1) is 11.8 Å². The van der Waals surface area contributed by atoms with E-state index in [1.807, 2.05) is 6.08 Å². The molecule has 1 fully saturated rings. The highest BCUT2D eigenvalue weighted by Crippen LogP contribution is 2.39. The quantitative estimate of drug-likeness (QED) is 0.529. The summed E-state index contributed by atoms with van der Waals surface area (Å²) in [5.74, 6) is 0. The molecule has 51 valence electrons. The molecular formula is C9H15. The van der Waals surface area contributed by atoms with Crippen LogP contribution in [0.25, 0.3) is 0 Å². The molecule has 0 bridgehead atoms. The van der Waals surface area contributed by atoms with Gasteiger partial charge >= 0.3 is 0 Å². The van der Waals surface area contributed by atoms with Crippen LogP contribution in [0.5, 0.6) is 0 Å². The fourth-order valence-corrected chi connectivity index (χ4v) is 1.63. The fraction of sp³-hybridized carbons (Fsp3) is 0.667. The molecule has 0 saturated heterocycles. The highest BCUT2D eigenvalue weighted by Gasteiger charge is 2.26. The smallest absolute Gasteiger partial charge is 0.0114 e. The molecule has 0 aromatic heterocycles. The van der Waals surface area contributed by atoms with Crippen LogP contribution in [-0.2, 0) is 0 Å². The van der Waals surface area contributed by atoms with Crippen molar-refractivity contribution in [3.8, 4) is 0 Å². The number of allylic oxidation sites excluding steroid dienone is 1. The number of hydrogen-bond donors (Lipinski definition) is 0. The second kappa shape index (κ2) is 2.55. The molecule has 9 heavy (non-hydrogen) atoms. The molecule has 0 aromatic rings. The third-order valence-corrected chi connectivity index (χ3v) is 2.27. The Morgan fingerprint density at radius 2 is 1.89 bits per heavy atom. The summed E-state index contributed by atoms with van der Waals surface area (Å²) in [4.78, 5) is 0. The second-order valence-corrected chi connectivity index (χ2v) is 3.26. The molecule has 0 N–H and O–H groups in total. The van der Waals surface area contributed by atoms with E-state index in [-0.39, 0.29) is 0 Å². The third kappa shape index (κ3) is 1.57. The largest absolute Gasteiger partial charge is 0.103 e. The van der Waals surface area contributed by atoms with Crippen LogP contribution in [0.3, 0.4) is 0 Å². The Labute approximate surface area is 58.0 Å². The SMILES string of the molecule is C=C[CH]C1(C)CCCC1. The van der Waals surface area contributed by atoms with Crippen molar-refractivity contribution in [2.75, 3.05) is 0 Å². The standard InChI is InChI=1S/C9H15/c1-3-6-9(2)7-4-5-8-9/h3,6H,1,4-5,7-8H2,2H3. The van der Waals surface area contributed by atoms with Gasteiger partial charge in [0.25, 0.3) is 0 Å². The van der Waals surface area contributed by atoms with Crippen LogP contribution in [-0.4, -0.2) is 0 Å². The maximum absolute atomic E-state index is 3.71. The van der Waals surface area contributed by atoms with Crippen molar-refractivity contribution in [3.05, 3.63) is 19.1 Å². The summed E-state index contributed by atoms with van der Waals surface area (Å²) in [7, 11) is 0. The highest BCUT2D eigenvalue weighted by molar-refractivity contribution is 5.02. The topological polar surface area (TPSA) is 0 Å². The predicted molar refractivity (Wildman–Crippen MR) is 41.1 cm³/mol. The van der Waals surface area contributed by atoms with Crippen LogP contribution in [0.15, 0.2) is 12.7 Å². The zero-order valence-corrected chi connectivity index (χ0v) is 6.19. The van der Waals surface area contributed by atoms with Gasteiger partial charge < -0.3 is 0 Å². The minimum atomic E-state index is 0.502. The van der Waals surface area contributed by atoms with Gasteiger partial charge in [0.2, 0.25) is 0 Å². The Balaban J connectivity index is 2.40. The second-order valence-electron chi connectivity index (χ2n) is 3.26. The van der Waals surface area contributed by atoms with E-state index in [1.165, 1.54) is 25.7 Å². The van der Waals surface area contributed by atoms with Gasteiger partial charge in [-0.05, 0) is 24.7 Å². The van der Waals surface area contributed by atoms with Gasteiger partial charge in [-0.2, -0.15) is 0 Å². The van der Waals surface area contributed by atoms with Crippen molar-refractivity contribution < 1.29 is 0 Å². The van der Waals surface area contributed by atoms with Crippen molar-refractivity contribution in [3.63, 3.8) is 0 Å². The van der Waals surface area contributed by atoms with E-state index in [2.05, 4.69) is 19.9 Å². The maximum Gasteiger partial charge on any atom is -0.0114 e. The normalized spacial score (nSPS) is 24.1. The molecule has 0 spiro atoms. The Morgan fingerprint density at radius 3 is 2.33 bits per heavy atom. The molecule has 1 radical (unpaired) electrons. The first kappa shape index (κ1) is 6.85. The molecule has 1 rings (SSSR count). The van der Waals surface area contributed by atoms with Crippen molar-refractivity contribution in [2.45, 2.75) is 32.6 Å². The Bertz CT molecular complexity index is 96.6. The van der Waals surface area contributed by atoms with Crippen LogP contribution >= 0.6 is 0 Å². The molecule has 0 aromatic carbocycles. The van der Waals surface area contributed by atoms with E-state index in [9.17, 15) is 0 Å². The Hall–Kier alpha value is -0.260. The lowest BCUT2D eigenvalue weighted by Gasteiger charge is -2.19.